The number of amides is 1. The van der Waals surface area contributed by atoms with E-state index in [1.54, 1.807) is 17.0 Å². The summed E-state index contributed by atoms with van der Waals surface area (Å²) in [6.07, 6.45) is 5.67. The van der Waals surface area contributed by atoms with Crippen molar-refractivity contribution in [2.45, 2.75) is 51.2 Å². The van der Waals surface area contributed by atoms with E-state index in [0.29, 0.717) is 31.3 Å². The molecule has 0 unspecified atom stereocenters. The van der Waals surface area contributed by atoms with Crippen molar-refractivity contribution in [2.24, 2.45) is 0 Å². The van der Waals surface area contributed by atoms with E-state index < -0.39 is 0 Å². The summed E-state index contributed by atoms with van der Waals surface area (Å²) in [6.45, 7) is 2.66. The lowest BCUT2D eigenvalue weighted by molar-refractivity contribution is 0.0748. The summed E-state index contributed by atoms with van der Waals surface area (Å²) in [5.41, 5.74) is 3.22. The number of benzene rings is 2. The molecule has 0 bridgehead atoms. The van der Waals surface area contributed by atoms with Gasteiger partial charge in [0.25, 0.3) is 5.91 Å². The van der Waals surface area contributed by atoms with E-state index in [2.05, 4.69) is 34.5 Å². The van der Waals surface area contributed by atoms with Gasteiger partial charge in [-0.25, -0.2) is 0 Å². The average molecular weight is 464 g/mol. The number of rotatable bonds is 8. The molecular formula is C26H33N5O3. The number of hydrogen-bond donors (Lipinski definition) is 3. The third-order valence-corrected chi connectivity index (χ3v) is 6.81. The molecule has 1 aromatic heterocycles. The molecule has 1 aliphatic heterocycles. The third-order valence-electron chi connectivity index (χ3n) is 6.81. The number of anilines is 1. The molecule has 0 radical (unpaired) electrons. The number of aromatic amines is 1. The van der Waals surface area contributed by atoms with Crippen LogP contribution in [0.5, 0.6) is 11.5 Å². The average Bonchev–Trinajstić information content (AvgIpc) is 3.56. The smallest absolute Gasteiger partial charge is 0.258 e. The summed E-state index contributed by atoms with van der Waals surface area (Å²) in [7, 11) is 4.10. The predicted molar refractivity (Wildman–Crippen MR) is 132 cm³/mol. The Morgan fingerprint density at radius 3 is 2.79 bits per heavy atom. The van der Waals surface area contributed by atoms with Gasteiger partial charge in [0.05, 0.1) is 17.7 Å². The molecule has 3 N–H and O–H groups in total. The van der Waals surface area contributed by atoms with Gasteiger partial charge in [0.15, 0.2) is 5.82 Å². The Labute approximate surface area is 199 Å². The van der Waals surface area contributed by atoms with Crippen LogP contribution in [0.2, 0.25) is 0 Å². The van der Waals surface area contributed by atoms with Crippen LogP contribution in [-0.4, -0.2) is 64.3 Å². The molecule has 2 aliphatic rings. The molecule has 0 spiro atoms. The highest BCUT2D eigenvalue weighted by atomic mass is 16.5. The minimum Gasteiger partial charge on any atom is -0.507 e. The first-order valence-electron chi connectivity index (χ1n) is 12.1. The van der Waals surface area contributed by atoms with Crippen molar-refractivity contribution in [2.75, 3.05) is 32.6 Å². The molecule has 0 saturated heterocycles. The molecule has 1 saturated carbocycles. The van der Waals surface area contributed by atoms with Crippen molar-refractivity contribution in [3.8, 4) is 11.5 Å². The normalized spacial score (nSPS) is 15.9. The summed E-state index contributed by atoms with van der Waals surface area (Å²) in [5, 5.41) is 22.3. The predicted octanol–water partition coefficient (Wildman–Crippen LogP) is 4.11. The van der Waals surface area contributed by atoms with Crippen LogP contribution in [0.4, 0.5) is 5.82 Å². The van der Waals surface area contributed by atoms with E-state index >= 15 is 0 Å². The lowest BCUT2D eigenvalue weighted by atomic mass is 10.1. The molecule has 2 aromatic carbocycles. The Kier molecular flexibility index (Phi) is 6.32. The number of aromatic hydroxyl groups is 1. The fraction of sp³-hybridized carbons (Fsp3) is 0.462. The zero-order valence-corrected chi connectivity index (χ0v) is 19.9. The van der Waals surface area contributed by atoms with Crippen LogP contribution in [0.3, 0.4) is 0 Å². The molecule has 5 rings (SSSR count). The van der Waals surface area contributed by atoms with Gasteiger partial charge in [-0.3, -0.25) is 9.89 Å². The molecule has 1 fully saturated rings. The highest BCUT2D eigenvalue weighted by molar-refractivity contribution is 6.03. The lowest BCUT2D eigenvalue weighted by Gasteiger charge is -2.17. The van der Waals surface area contributed by atoms with Crippen LogP contribution < -0.4 is 10.1 Å². The van der Waals surface area contributed by atoms with Gasteiger partial charge in [-0.1, -0.05) is 18.9 Å². The Morgan fingerprint density at radius 1 is 1.21 bits per heavy atom. The van der Waals surface area contributed by atoms with Crippen LogP contribution in [0, 0.1) is 0 Å². The van der Waals surface area contributed by atoms with Gasteiger partial charge in [0.2, 0.25) is 0 Å². The van der Waals surface area contributed by atoms with Gasteiger partial charge in [-0.2, -0.15) is 5.10 Å². The molecule has 34 heavy (non-hydrogen) atoms. The largest absolute Gasteiger partial charge is 0.507 e. The Balaban J connectivity index is 1.29. The van der Waals surface area contributed by atoms with Crippen LogP contribution in [0.1, 0.15) is 53.6 Å². The van der Waals surface area contributed by atoms with Gasteiger partial charge < -0.3 is 25.0 Å². The van der Waals surface area contributed by atoms with E-state index in [0.717, 1.165) is 59.4 Å². The van der Waals surface area contributed by atoms with Crippen molar-refractivity contribution in [1.82, 2.24) is 20.0 Å². The number of carbonyl (C=O) groups is 1. The summed E-state index contributed by atoms with van der Waals surface area (Å²) in [6, 6.07) is 9.80. The zero-order valence-electron chi connectivity index (χ0n) is 19.9. The summed E-state index contributed by atoms with van der Waals surface area (Å²) < 4.78 is 5.90. The maximum absolute atomic E-state index is 13.4. The summed E-state index contributed by atoms with van der Waals surface area (Å²) in [5.74, 6) is 1.36. The minimum atomic E-state index is -0.183. The number of fused-ring (bicyclic) bond motifs is 2. The monoisotopic (exact) mass is 463 g/mol. The van der Waals surface area contributed by atoms with Crippen molar-refractivity contribution in [3.63, 3.8) is 0 Å². The number of phenols is 1. The molecule has 0 atom stereocenters. The molecule has 2 heterocycles. The first kappa shape index (κ1) is 22.5. The van der Waals surface area contributed by atoms with E-state index in [4.69, 9.17) is 4.74 Å². The van der Waals surface area contributed by atoms with Crippen molar-refractivity contribution < 1.29 is 14.6 Å². The second-order valence-corrected chi connectivity index (χ2v) is 9.71. The Bertz CT molecular complexity index is 1180. The summed E-state index contributed by atoms with van der Waals surface area (Å²) in [4.78, 5) is 17.3. The Morgan fingerprint density at radius 2 is 2.00 bits per heavy atom. The molecule has 180 valence electrons. The second kappa shape index (κ2) is 9.54. The lowest BCUT2D eigenvalue weighted by Crippen LogP contribution is -2.25. The topological polar surface area (TPSA) is 93.7 Å². The third kappa shape index (κ3) is 4.68. The fourth-order valence-electron chi connectivity index (χ4n) is 4.94. The van der Waals surface area contributed by atoms with Crippen molar-refractivity contribution >= 4 is 22.6 Å². The number of nitrogens with zero attached hydrogens (tertiary/aromatic N) is 3. The van der Waals surface area contributed by atoms with Gasteiger partial charge >= 0.3 is 0 Å². The van der Waals surface area contributed by atoms with Gasteiger partial charge in [0.1, 0.15) is 11.5 Å². The Hall–Kier alpha value is -3.26. The number of phenolic OH excluding ortho intramolecular Hbond substituents is 1. The molecule has 1 aliphatic carbocycles. The van der Waals surface area contributed by atoms with Crippen LogP contribution in [-0.2, 0) is 13.1 Å². The van der Waals surface area contributed by atoms with Crippen LogP contribution in [0.25, 0.3) is 10.9 Å². The maximum Gasteiger partial charge on any atom is 0.258 e. The van der Waals surface area contributed by atoms with Crippen molar-refractivity contribution in [1.29, 1.82) is 0 Å². The standard InChI is InChI=1S/C26H33N5O3/c1-30(2)10-5-11-34-20-9-8-17-15-31(16-18(17)12-20)26(33)22-13-21-23(14-24(22)32)28-29-25(21)27-19-6-3-4-7-19/h8-9,12-14,19,32H,3-7,10-11,15-16H2,1-2H3,(H2,27,28,29). The first-order valence-corrected chi connectivity index (χ1v) is 12.1. The van der Waals surface area contributed by atoms with Gasteiger partial charge in [-0.15, -0.1) is 0 Å². The van der Waals surface area contributed by atoms with E-state index in [1.807, 2.05) is 18.2 Å². The maximum atomic E-state index is 13.4. The first-order chi connectivity index (χ1) is 16.5. The summed E-state index contributed by atoms with van der Waals surface area (Å²) >= 11 is 0. The number of carbonyl (C=O) groups excluding carboxylic acids is 1. The molecule has 1 amide bonds. The van der Waals surface area contributed by atoms with Gasteiger partial charge in [-0.05, 0) is 62.7 Å². The molecule has 8 nitrogen and oxygen atoms in total. The van der Waals surface area contributed by atoms with E-state index in [1.165, 1.54) is 12.8 Å². The molecule has 3 aromatic rings. The van der Waals surface area contributed by atoms with E-state index in [-0.39, 0.29) is 11.7 Å². The molecule has 8 heteroatoms. The van der Waals surface area contributed by atoms with E-state index in [9.17, 15) is 9.90 Å². The quantitative estimate of drug-likeness (QED) is 0.436. The fourth-order valence-corrected chi connectivity index (χ4v) is 4.94. The number of ether oxygens (including phenoxy) is 1. The zero-order chi connectivity index (χ0) is 23.7. The van der Waals surface area contributed by atoms with Crippen LogP contribution in [0.15, 0.2) is 30.3 Å². The number of hydrogen-bond acceptors (Lipinski definition) is 6. The number of H-pyrrole nitrogens is 1. The number of aromatic nitrogens is 2. The SMILES string of the molecule is CN(C)CCCOc1ccc2c(c1)CN(C(=O)c1cc3c(NC4CCCC4)n[nH]c3cc1O)C2. The number of nitrogens with one attached hydrogen (secondary N) is 2. The van der Waals surface area contributed by atoms with Crippen molar-refractivity contribution in [3.05, 3.63) is 47.0 Å². The highest BCUT2D eigenvalue weighted by Crippen LogP contribution is 2.33. The molecular weight excluding hydrogens is 430 g/mol. The highest BCUT2D eigenvalue weighted by Gasteiger charge is 2.27. The van der Waals surface area contributed by atoms with Crippen LogP contribution >= 0.6 is 0 Å². The second-order valence-electron chi connectivity index (χ2n) is 9.71. The van der Waals surface area contributed by atoms with Gasteiger partial charge in [0, 0.05) is 37.1 Å². The minimum absolute atomic E-state index is 0.0329.